The number of amides is 2. The molecule has 0 saturated carbocycles. The van der Waals surface area contributed by atoms with Crippen LogP contribution in [0.4, 0.5) is 18.9 Å². The second kappa shape index (κ2) is 10.0. The van der Waals surface area contributed by atoms with Crippen LogP contribution in [0.5, 0.6) is 5.75 Å². The lowest BCUT2D eigenvalue weighted by Crippen LogP contribution is -2.40. The Kier molecular flexibility index (Phi) is 7.97. The molecule has 0 aliphatic carbocycles. The van der Waals surface area contributed by atoms with Crippen LogP contribution in [0.3, 0.4) is 0 Å². The van der Waals surface area contributed by atoms with Crippen LogP contribution in [0.1, 0.15) is 19.4 Å². The number of alkyl halides is 3. The molecule has 5 nitrogen and oxygen atoms in total. The van der Waals surface area contributed by atoms with Crippen molar-refractivity contribution >= 4 is 40.7 Å². The van der Waals surface area contributed by atoms with E-state index in [4.69, 9.17) is 27.9 Å². The normalized spacial score (nSPS) is 12.2. The Morgan fingerprint density at radius 2 is 1.87 bits per heavy atom. The smallest absolute Gasteiger partial charge is 0.471 e. The number of ether oxygens (including phenoxy) is 1. The summed E-state index contributed by atoms with van der Waals surface area (Å²) in [6.07, 6.45) is -5.86. The zero-order chi connectivity index (χ0) is 22.5. The van der Waals surface area contributed by atoms with Crippen LogP contribution >= 0.6 is 23.2 Å². The maximum absolute atomic E-state index is 12.7. The first kappa shape index (κ1) is 23.8. The van der Waals surface area contributed by atoms with Crippen molar-refractivity contribution in [1.82, 2.24) is 4.90 Å². The average Bonchev–Trinajstić information content (AvgIpc) is 2.67. The van der Waals surface area contributed by atoms with Gasteiger partial charge in [0.05, 0.1) is 5.02 Å². The van der Waals surface area contributed by atoms with Gasteiger partial charge in [0.15, 0.2) is 6.10 Å². The number of rotatable bonds is 7. The van der Waals surface area contributed by atoms with E-state index in [1.54, 1.807) is 24.3 Å². The lowest BCUT2D eigenvalue weighted by molar-refractivity contribution is -0.185. The van der Waals surface area contributed by atoms with Crippen molar-refractivity contribution in [1.29, 1.82) is 0 Å². The molecule has 2 aromatic rings. The lowest BCUT2D eigenvalue weighted by atomic mass is 10.1. The summed E-state index contributed by atoms with van der Waals surface area (Å²) in [5.41, 5.74) is 0.784. The molecule has 0 heterocycles. The third-order valence-corrected chi connectivity index (χ3v) is 4.58. The van der Waals surface area contributed by atoms with E-state index in [-0.39, 0.29) is 23.9 Å². The number of halogens is 5. The summed E-state index contributed by atoms with van der Waals surface area (Å²) in [5.74, 6) is -2.13. The van der Waals surface area contributed by atoms with Gasteiger partial charge in [0.2, 0.25) is 0 Å². The van der Waals surface area contributed by atoms with Crippen molar-refractivity contribution in [3.05, 3.63) is 58.1 Å². The first-order valence-corrected chi connectivity index (χ1v) is 9.64. The topological polar surface area (TPSA) is 58.6 Å². The Morgan fingerprint density at radius 3 is 2.47 bits per heavy atom. The number of benzene rings is 2. The van der Waals surface area contributed by atoms with Gasteiger partial charge in [-0.1, -0.05) is 35.3 Å². The van der Waals surface area contributed by atoms with Crippen LogP contribution in [0, 0.1) is 0 Å². The van der Waals surface area contributed by atoms with E-state index in [0.29, 0.717) is 21.2 Å². The van der Waals surface area contributed by atoms with Gasteiger partial charge in [0.1, 0.15) is 5.75 Å². The quantitative estimate of drug-likeness (QED) is 0.606. The van der Waals surface area contributed by atoms with Gasteiger partial charge in [-0.2, -0.15) is 13.2 Å². The summed E-state index contributed by atoms with van der Waals surface area (Å²) in [5, 5.41) is 3.30. The molecule has 2 rings (SSSR count). The predicted molar refractivity (Wildman–Crippen MR) is 109 cm³/mol. The van der Waals surface area contributed by atoms with Gasteiger partial charge in [-0.05, 0) is 49.7 Å². The summed E-state index contributed by atoms with van der Waals surface area (Å²) < 4.78 is 43.6. The molecule has 1 unspecified atom stereocenters. The molecule has 2 aromatic carbocycles. The van der Waals surface area contributed by atoms with E-state index < -0.39 is 24.1 Å². The van der Waals surface area contributed by atoms with Gasteiger partial charge in [0.25, 0.3) is 5.91 Å². The van der Waals surface area contributed by atoms with E-state index in [9.17, 15) is 22.8 Å². The molecule has 0 spiro atoms. The van der Waals surface area contributed by atoms with Gasteiger partial charge < -0.3 is 15.0 Å². The highest BCUT2D eigenvalue weighted by molar-refractivity contribution is 6.35. The molecule has 30 heavy (non-hydrogen) atoms. The molecule has 0 aliphatic rings. The third-order valence-electron chi connectivity index (χ3n) is 4.05. The SMILES string of the molecule is CCN(Cc1cccc(NC(=O)C(C)Oc2ccc(Cl)cc2Cl)c1)C(=O)C(F)(F)F. The molecule has 0 fully saturated rings. The van der Waals surface area contributed by atoms with Gasteiger partial charge in [-0.3, -0.25) is 9.59 Å². The minimum Gasteiger partial charge on any atom is -0.479 e. The summed E-state index contributed by atoms with van der Waals surface area (Å²) >= 11 is 11.8. The van der Waals surface area contributed by atoms with Crippen LogP contribution in [0.25, 0.3) is 0 Å². The first-order valence-electron chi connectivity index (χ1n) is 8.89. The molecule has 0 saturated heterocycles. The molecular weight excluding hydrogens is 444 g/mol. The van der Waals surface area contributed by atoms with Crippen molar-refractivity contribution in [2.75, 3.05) is 11.9 Å². The fraction of sp³-hybridized carbons (Fsp3) is 0.300. The average molecular weight is 463 g/mol. The van der Waals surface area contributed by atoms with Crippen LogP contribution < -0.4 is 10.1 Å². The van der Waals surface area contributed by atoms with Crippen molar-refractivity contribution in [3.63, 3.8) is 0 Å². The van der Waals surface area contributed by atoms with Crippen LogP contribution in [-0.2, 0) is 16.1 Å². The monoisotopic (exact) mass is 462 g/mol. The second-order valence-corrected chi connectivity index (χ2v) is 7.19. The van der Waals surface area contributed by atoms with Gasteiger partial charge in [0, 0.05) is 23.8 Å². The highest BCUT2D eigenvalue weighted by Gasteiger charge is 2.41. The summed E-state index contributed by atoms with van der Waals surface area (Å²) in [4.78, 5) is 24.6. The minimum absolute atomic E-state index is 0.109. The van der Waals surface area contributed by atoms with Crippen molar-refractivity contribution in [3.8, 4) is 5.75 Å². The Hall–Kier alpha value is -2.45. The van der Waals surface area contributed by atoms with Crippen LogP contribution in [0.2, 0.25) is 10.0 Å². The molecule has 2 amide bonds. The standard InChI is InChI=1S/C20H19Cl2F3N2O3/c1-3-27(19(29)20(23,24)25)11-13-5-4-6-15(9-13)26-18(28)12(2)30-17-8-7-14(21)10-16(17)22/h4-10,12H,3,11H2,1-2H3,(H,26,28). The molecule has 1 N–H and O–H groups in total. The van der Waals surface area contributed by atoms with Gasteiger partial charge in [-0.25, -0.2) is 0 Å². The van der Waals surface area contributed by atoms with E-state index in [0.717, 1.165) is 0 Å². The van der Waals surface area contributed by atoms with E-state index in [2.05, 4.69) is 5.32 Å². The summed E-state index contributed by atoms with van der Waals surface area (Å²) in [6, 6.07) is 10.8. The van der Waals surface area contributed by atoms with Crippen molar-refractivity contribution < 1.29 is 27.5 Å². The number of carbonyl (C=O) groups excluding carboxylic acids is 2. The van der Waals surface area contributed by atoms with Gasteiger partial charge in [-0.15, -0.1) is 0 Å². The Morgan fingerprint density at radius 1 is 1.17 bits per heavy atom. The number of hydrogen-bond donors (Lipinski definition) is 1. The zero-order valence-electron chi connectivity index (χ0n) is 16.1. The Bertz CT molecular complexity index is 922. The van der Waals surface area contributed by atoms with Gasteiger partial charge >= 0.3 is 12.1 Å². The number of nitrogens with one attached hydrogen (secondary N) is 1. The molecular formula is C20H19Cl2F3N2O3. The molecule has 1 atom stereocenters. The second-order valence-electron chi connectivity index (χ2n) is 6.34. The molecule has 0 bridgehead atoms. The van der Waals surface area contributed by atoms with E-state index in [1.165, 1.54) is 32.0 Å². The Labute approximate surface area is 181 Å². The first-order chi connectivity index (χ1) is 14.0. The third kappa shape index (κ3) is 6.53. The maximum atomic E-state index is 12.7. The highest BCUT2D eigenvalue weighted by Crippen LogP contribution is 2.28. The molecule has 0 aromatic heterocycles. The van der Waals surface area contributed by atoms with E-state index in [1.807, 2.05) is 0 Å². The molecule has 162 valence electrons. The largest absolute Gasteiger partial charge is 0.479 e. The minimum atomic E-state index is -4.95. The summed E-state index contributed by atoms with van der Waals surface area (Å²) in [7, 11) is 0. The number of nitrogens with zero attached hydrogens (tertiary/aromatic N) is 1. The molecule has 0 radical (unpaired) electrons. The lowest BCUT2D eigenvalue weighted by Gasteiger charge is -2.22. The zero-order valence-corrected chi connectivity index (χ0v) is 17.6. The fourth-order valence-electron chi connectivity index (χ4n) is 2.53. The maximum Gasteiger partial charge on any atom is 0.471 e. The van der Waals surface area contributed by atoms with Crippen molar-refractivity contribution in [2.24, 2.45) is 0 Å². The fourth-order valence-corrected chi connectivity index (χ4v) is 2.99. The molecule has 0 aliphatic heterocycles. The van der Waals surface area contributed by atoms with E-state index >= 15 is 0 Å². The highest BCUT2D eigenvalue weighted by atomic mass is 35.5. The summed E-state index contributed by atoms with van der Waals surface area (Å²) in [6.45, 7) is 2.62. The van der Waals surface area contributed by atoms with Crippen LogP contribution in [-0.4, -0.2) is 35.5 Å². The number of anilines is 1. The number of carbonyl (C=O) groups is 2. The van der Waals surface area contributed by atoms with Crippen molar-refractivity contribution in [2.45, 2.75) is 32.7 Å². The predicted octanol–water partition coefficient (Wildman–Crippen LogP) is 5.31. The Balaban J connectivity index is 2.04. The number of hydrogen-bond acceptors (Lipinski definition) is 3. The van der Waals surface area contributed by atoms with Crippen LogP contribution in [0.15, 0.2) is 42.5 Å². The molecule has 10 heteroatoms.